The van der Waals surface area contributed by atoms with Crippen molar-refractivity contribution in [1.82, 2.24) is 4.57 Å². The van der Waals surface area contributed by atoms with Crippen LogP contribution < -0.4 is 0 Å². The number of nitrogens with zero attached hydrogens (tertiary/aromatic N) is 1. The molecule has 0 bridgehead atoms. The largest absolute Gasteiger partial charge is 0.309 e. The van der Waals surface area contributed by atoms with Gasteiger partial charge in [-0.05, 0) is 134 Å². The normalized spacial score (nSPS) is 11.9. The molecule has 0 aliphatic carbocycles. The fourth-order valence-corrected chi connectivity index (χ4v) is 10.5. The molecule has 12 aromatic carbocycles. The maximum Gasteiger partial charge on any atom is 0.0547 e. The second kappa shape index (κ2) is 13.3. The Hall–Kier alpha value is -8.00. The Morgan fingerprint density at radius 2 is 0.705 bits per heavy atom. The number of hydrogen-bond acceptors (Lipinski definition) is 0. The quantitative estimate of drug-likeness (QED) is 0.124. The van der Waals surface area contributed by atoms with Crippen LogP contribution in [0.4, 0.5) is 0 Å². The molecule has 0 atom stereocenters. The zero-order chi connectivity index (χ0) is 40.0. The summed E-state index contributed by atoms with van der Waals surface area (Å²) in [5.41, 5.74) is 11.1. The maximum absolute atomic E-state index is 2.46. The predicted octanol–water partition coefficient (Wildman–Crippen LogP) is 16.7. The summed E-state index contributed by atoms with van der Waals surface area (Å²) in [5.74, 6) is 0. The molecule has 1 heteroatoms. The van der Waals surface area contributed by atoms with Crippen LogP contribution in [0.2, 0.25) is 0 Å². The van der Waals surface area contributed by atoms with Gasteiger partial charge < -0.3 is 4.57 Å². The Morgan fingerprint density at radius 3 is 1.39 bits per heavy atom. The van der Waals surface area contributed by atoms with E-state index in [1.165, 1.54) is 126 Å². The molecule has 0 aliphatic rings. The molecular formula is C60H37N. The first kappa shape index (κ1) is 33.9. The van der Waals surface area contributed by atoms with Gasteiger partial charge >= 0.3 is 0 Å². The van der Waals surface area contributed by atoms with Gasteiger partial charge in [-0.3, -0.25) is 0 Å². The van der Waals surface area contributed by atoms with Gasteiger partial charge in [0.15, 0.2) is 0 Å². The second-order valence-electron chi connectivity index (χ2n) is 16.4. The zero-order valence-electron chi connectivity index (χ0n) is 33.3. The molecule has 0 unspecified atom stereocenters. The number of fused-ring (bicyclic) bond motifs is 12. The van der Waals surface area contributed by atoms with Crippen molar-refractivity contribution in [3.8, 4) is 39.1 Å². The highest BCUT2D eigenvalue weighted by Gasteiger charge is 2.20. The summed E-state index contributed by atoms with van der Waals surface area (Å²) in [6.07, 6.45) is 0. The van der Waals surface area contributed by atoms with Crippen LogP contribution >= 0.6 is 0 Å². The lowest BCUT2D eigenvalue weighted by Crippen LogP contribution is -1.93. The van der Waals surface area contributed by atoms with Gasteiger partial charge in [0.1, 0.15) is 0 Å². The SMILES string of the molecule is c1ccc(-n2c3ccccc3c3cc4c5ccccc5c5cc(-c6c7ccccc7c(-c7ccc(-c8cccc9ccccc89)cc7)c7ccccc67)ccc5c4cc32)cc1. The monoisotopic (exact) mass is 771 g/mol. The van der Waals surface area contributed by atoms with Crippen molar-refractivity contribution in [3.05, 3.63) is 224 Å². The van der Waals surface area contributed by atoms with Crippen molar-refractivity contribution in [1.29, 1.82) is 0 Å². The summed E-state index contributed by atoms with van der Waals surface area (Å²) >= 11 is 0. The van der Waals surface area contributed by atoms with E-state index >= 15 is 0 Å². The maximum atomic E-state index is 2.46. The summed E-state index contributed by atoms with van der Waals surface area (Å²) in [6.45, 7) is 0. The van der Waals surface area contributed by atoms with Gasteiger partial charge in [-0.1, -0.05) is 188 Å². The molecule has 61 heavy (non-hydrogen) atoms. The van der Waals surface area contributed by atoms with Crippen LogP contribution in [0.1, 0.15) is 0 Å². The van der Waals surface area contributed by atoms with Crippen LogP contribution in [0.15, 0.2) is 224 Å². The standard InChI is InChI=1S/C60H37N/c1-2-17-42(18-3-1)61-57-28-13-12-22-48(57)56-36-54-46-21-7-6-20-45(46)53-35-41(33-34-47(53)55(54)37-58(56)61)60-51-25-10-8-23-49(51)59(50-24-9-11-26-52(50)60)40-31-29-39(30-32-40)44-27-14-16-38-15-4-5-19-43(38)44/h1-37H. The third-order valence-corrected chi connectivity index (χ3v) is 13.1. The molecule has 1 heterocycles. The van der Waals surface area contributed by atoms with Gasteiger partial charge in [-0.2, -0.15) is 0 Å². The second-order valence-corrected chi connectivity index (χ2v) is 16.4. The Kier molecular flexibility index (Phi) is 7.37. The van der Waals surface area contributed by atoms with E-state index in [9.17, 15) is 0 Å². The van der Waals surface area contributed by atoms with Crippen molar-refractivity contribution < 1.29 is 0 Å². The molecule has 1 aromatic heterocycles. The minimum absolute atomic E-state index is 1.17. The van der Waals surface area contributed by atoms with Crippen molar-refractivity contribution >= 4 is 86.4 Å². The van der Waals surface area contributed by atoms with E-state index < -0.39 is 0 Å². The molecule has 282 valence electrons. The first-order valence-corrected chi connectivity index (χ1v) is 21.2. The molecule has 0 saturated heterocycles. The van der Waals surface area contributed by atoms with Crippen molar-refractivity contribution in [2.75, 3.05) is 0 Å². The van der Waals surface area contributed by atoms with Gasteiger partial charge in [0.05, 0.1) is 11.0 Å². The fourth-order valence-electron chi connectivity index (χ4n) is 10.5. The minimum atomic E-state index is 1.17. The van der Waals surface area contributed by atoms with E-state index in [0.29, 0.717) is 0 Å². The highest BCUT2D eigenvalue weighted by Crippen LogP contribution is 2.47. The topological polar surface area (TPSA) is 4.93 Å². The summed E-state index contributed by atoms with van der Waals surface area (Å²) < 4.78 is 2.43. The van der Waals surface area contributed by atoms with Gasteiger partial charge in [0, 0.05) is 16.5 Å². The molecule has 13 aromatic rings. The van der Waals surface area contributed by atoms with Crippen LogP contribution in [0.3, 0.4) is 0 Å². The predicted molar refractivity (Wildman–Crippen MR) is 262 cm³/mol. The van der Waals surface area contributed by atoms with Crippen LogP contribution in [-0.4, -0.2) is 4.57 Å². The molecule has 0 amide bonds. The molecule has 13 rings (SSSR count). The highest BCUT2D eigenvalue weighted by molar-refractivity contribution is 6.30. The van der Waals surface area contributed by atoms with Crippen LogP contribution in [0.25, 0.3) is 126 Å². The lowest BCUT2D eigenvalue weighted by Gasteiger charge is -2.19. The number of hydrogen-bond donors (Lipinski definition) is 0. The molecule has 0 fully saturated rings. The van der Waals surface area contributed by atoms with E-state index in [1.807, 2.05) is 0 Å². The van der Waals surface area contributed by atoms with Gasteiger partial charge in [-0.25, -0.2) is 0 Å². The van der Waals surface area contributed by atoms with E-state index in [1.54, 1.807) is 0 Å². The Balaban J connectivity index is 1.04. The summed E-state index contributed by atoms with van der Waals surface area (Å²) in [7, 11) is 0. The Morgan fingerprint density at radius 1 is 0.230 bits per heavy atom. The third kappa shape index (κ3) is 5.08. The minimum Gasteiger partial charge on any atom is -0.309 e. The summed E-state index contributed by atoms with van der Waals surface area (Å²) in [4.78, 5) is 0. The molecule has 0 radical (unpaired) electrons. The summed E-state index contributed by atoms with van der Waals surface area (Å²) in [6, 6.07) is 83.1. The first-order chi connectivity index (χ1) is 30.3. The number of benzene rings is 12. The van der Waals surface area contributed by atoms with Crippen molar-refractivity contribution in [3.63, 3.8) is 0 Å². The van der Waals surface area contributed by atoms with Crippen LogP contribution in [0.5, 0.6) is 0 Å². The average molecular weight is 772 g/mol. The fraction of sp³-hybridized carbons (Fsp3) is 0. The van der Waals surface area contributed by atoms with Gasteiger partial charge in [0.2, 0.25) is 0 Å². The van der Waals surface area contributed by atoms with Crippen molar-refractivity contribution in [2.24, 2.45) is 0 Å². The average Bonchev–Trinajstić information content (AvgIpc) is 3.66. The smallest absolute Gasteiger partial charge is 0.0547 e. The molecule has 0 saturated carbocycles. The zero-order valence-corrected chi connectivity index (χ0v) is 33.3. The Labute approximate surface area is 353 Å². The lowest BCUT2D eigenvalue weighted by atomic mass is 9.84. The molecule has 0 N–H and O–H groups in total. The van der Waals surface area contributed by atoms with Gasteiger partial charge in [-0.15, -0.1) is 0 Å². The van der Waals surface area contributed by atoms with Crippen molar-refractivity contribution in [2.45, 2.75) is 0 Å². The van der Waals surface area contributed by atoms with E-state index in [2.05, 4.69) is 229 Å². The van der Waals surface area contributed by atoms with Gasteiger partial charge in [0.25, 0.3) is 0 Å². The third-order valence-electron chi connectivity index (χ3n) is 13.1. The molecular weight excluding hydrogens is 735 g/mol. The van der Waals surface area contributed by atoms with E-state index in [-0.39, 0.29) is 0 Å². The molecule has 0 spiro atoms. The van der Waals surface area contributed by atoms with Crippen LogP contribution in [-0.2, 0) is 0 Å². The molecule has 0 aliphatic heterocycles. The Bertz CT molecular complexity index is 3850. The summed E-state index contributed by atoms with van der Waals surface area (Å²) in [5, 5.41) is 17.7. The molecule has 1 nitrogen and oxygen atoms in total. The lowest BCUT2D eigenvalue weighted by molar-refractivity contribution is 1.18. The number of aromatic nitrogens is 1. The number of para-hydroxylation sites is 2. The van der Waals surface area contributed by atoms with E-state index in [4.69, 9.17) is 0 Å². The number of rotatable bonds is 4. The van der Waals surface area contributed by atoms with Crippen LogP contribution in [0, 0.1) is 0 Å². The highest BCUT2D eigenvalue weighted by atomic mass is 15.0. The first-order valence-electron chi connectivity index (χ1n) is 21.2. The van der Waals surface area contributed by atoms with E-state index in [0.717, 1.165) is 0 Å².